The lowest BCUT2D eigenvalue weighted by atomic mass is 10.2. The fourth-order valence-corrected chi connectivity index (χ4v) is 2.01. The van der Waals surface area contributed by atoms with Gasteiger partial charge in [-0.3, -0.25) is 4.79 Å². The van der Waals surface area contributed by atoms with Crippen molar-refractivity contribution in [2.45, 2.75) is 11.9 Å². The molecule has 1 heterocycles. The molecule has 1 rings (SSSR count). The van der Waals surface area contributed by atoms with Crippen LogP contribution in [-0.4, -0.2) is 23.8 Å². The maximum atomic E-state index is 11.1. The summed E-state index contributed by atoms with van der Waals surface area (Å²) in [6.07, 6.45) is 1.74. The van der Waals surface area contributed by atoms with Crippen molar-refractivity contribution in [3.8, 4) is 0 Å². The summed E-state index contributed by atoms with van der Waals surface area (Å²) in [5.74, 6) is 0.395. The highest BCUT2D eigenvalue weighted by molar-refractivity contribution is 9.10. The third-order valence-corrected chi connectivity index (χ3v) is 3.46. The van der Waals surface area contributed by atoms with Gasteiger partial charge >= 0.3 is 5.97 Å². The third kappa shape index (κ3) is 4.22. The van der Waals surface area contributed by atoms with E-state index < -0.39 is 0 Å². The maximum Gasteiger partial charge on any atom is 0.309 e. The van der Waals surface area contributed by atoms with E-state index in [9.17, 15) is 4.79 Å². The van der Waals surface area contributed by atoms with Gasteiger partial charge in [0.25, 0.3) is 0 Å². The molecule has 3 nitrogen and oxygen atoms in total. The summed E-state index contributed by atoms with van der Waals surface area (Å²) in [7, 11) is 1.40. The molecule has 0 amide bonds. The first-order valence-electron chi connectivity index (χ1n) is 4.45. The Morgan fingerprint density at radius 1 is 1.67 bits per heavy atom. The van der Waals surface area contributed by atoms with Gasteiger partial charge < -0.3 is 4.74 Å². The van der Waals surface area contributed by atoms with E-state index in [0.717, 1.165) is 9.50 Å². The standard InChI is InChI=1S/C10H12BrNO2S/c1-7(10(13)14-2)6-15-9-4-3-8(11)5-12-9/h3-5,7H,6H2,1-2H3. The highest BCUT2D eigenvalue weighted by Gasteiger charge is 2.13. The summed E-state index contributed by atoms with van der Waals surface area (Å²) >= 11 is 4.86. The van der Waals surface area contributed by atoms with Crippen molar-refractivity contribution >= 4 is 33.7 Å². The Morgan fingerprint density at radius 3 is 2.93 bits per heavy atom. The number of hydrogen-bond acceptors (Lipinski definition) is 4. The predicted molar refractivity (Wildman–Crippen MR) is 63.8 cm³/mol. The monoisotopic (exact) mass is 289 g/mol. The first kappa shape index (κ1) is 12.5. The molecular formula is C10H12BrNO2S. The normalized spacial score (nSPS) is 12.2. The number of methoxy groups -OCH3 is 1. The molecular weight excluding hydrogens is 278 g/mol. The second-order valence-electron chi connectivity index (χ2n) is 3.05. The zero-order valence-corrected chi connectivity index (χ0v) is 11.0. The van der Waals surface area contributed by atoms with Crippen LogP contribution in [0, 0.1) is 5.92 Å². The molecule has 0 spiro atoms. The molecule has 0 bridgehead atoms. The second kappa shape index (κ2) is 6.12. The molecule has 0 saturated carbocycles. The highest BCUT2D eigenvalue weighted by atomic mass is 79.9. The number of halogens is 1. The number of carbonyl (C=O) groups excluding carboxylic acids is 1. The molecule has 0 saturated heterocycles. The molecule has 0 aliphatic heterocycles. The maximum absolute atomic E-state index is 11.1. The Bertz CT molecular complexity index is 329. The van der Waals surface area contributed by atoms with Gasteiger partial charge in [-0.1, -0.05) is 6.92 Å². The lowest BCUT2D eigenvalue weighted by Gasteiger charge is -2.07. The molecule has 0 radical (unpaired) electrons. The van der Waals surface area contributed by atoms with Gasteiger partial charge in [-0.25, -0.2) is 4.98 Å². The molecule has 15 heavy (non-hydrogen) atoms. The van der Waals surface area contributed by atoms with E-state index in [0.29, 0.717) is 5.75 Å². The number of aromatic nitrogens is 1. The van der Waals surface area contributed by atoms with Crippen LogP contribution in [0.1, 0.15) is 6.92 Å². The van der Waals surface area contributed by atoms with Gasteiger partial charge in [0, 0.05) is 16.4 Å². The Morgan fingerprint density at radius 2 is 2.40 bits per heavy atom. The molecule has 0 aliphatic rings. The zero-order valence-electron chi connectivity index (χ0n) is 8.57. The molecule has 1 aromatic heterocycles. The number of ether oxygens (including phenoxy) is 1. The predicted octanol–water partition coefficient (Wildman–Crippen LogP) is 2.75. The number of hydrogen-bond donors (Lipinski definition) is 0. The first-order chi connectivity index (χ1) is 7.13. The van der Waals surface area contributed by atoms with Crippen LogP contribution in [0.15, 0.2) is 27.8 Å². The van der Waals surface area contributed by atoms with Gasteiger partial charge in [0.15, 0.2) is 0 Å². The minimum atomic E-state index is -0.181. The SMILES string of the molecule is COC(=O)C(C)CSc1ccc(Br)cn1. The summed E-state index contributed by atoms with van der Waals surface area (Å²) in [6.45, 7) is 1.84. The van der Waals surface area contributed by atoms with E-state index >= 15 is 0 Å². The molecule has 0 N–H and O–H groups in total. The largest absolute Gasteiger partial charge is 0.469 e. The first-order valence-corrected chi connectivity index (χ1v) is 6.23. The second-order valence-corrected chi connectivity index (χ2v) is 5.01. The number of rotatable bonds is 4. The van der Waals surface area contributed by atoms with Crippen LogP contribution in [0.5, 0.6) is 0 Å². The highest BCUT2D eigenvalue weighted by Crippen LogP contribution is 2.20. The van der Waals surface area contributed by atoms with Crippen LogP contribution in [0.3, 0.4) is 0 Å². The fourth-order valence-electron chi connectivity index (χ4n) is 0.927. The average molecular weight is 290 g/mol. The molecule has 1 atom stereocenters. The average Bonchev–Trinajstić information content (AvgIpc) is 2.26. The van der Waals surface area contributed by atoms with Crippen molar-refractivity contribution in [1.29, 1.82) is 0 Å². The summed E-state index contributed by atoms with van der Waals surface area (Å²) in [5, 5.41) is 0.911. The fraction of sp³-hybridized carbons (Fsp3) is 0.400. The molecule has 1 aromatic rings. The van der Waals surface area contributed by atoms with Crippen molar-refractivity contribution in [2.75, 3.05) is 12.9 Å². The Kier molecular flexibility index (Phi) is 5.11. The quantitative estimate of drug-likeness (QED) is 0.631. The number of nitrogens with zero attached hydrogens (tertiary/aromatic N) is 1. The van der Waals surface area contributed by atoms with E-state index in [1.54, 1.807) is 18.0 Å². The van der Waals surface area contributed by atoms with E-state index in [1.165, 1.54) is 7.11 Å². The van der Waals surface area contributed by atoms with Crippen LogP contribution in [0.25, 0.3) is 0 Å². The summed E-state index contributed by atoms with van der Waals surface area (Å²) in [4.78, 5) is 15.3. The number of esters is 1. The summed E-state index contributed by atoms with van der Waals surface area (Å²) in [6, 6.07) is 3.84. The van der Waals surface area contributed by atoms with Gasteiger partial charge in [0.2, 0.25) is 0 Å². The summed E-state index contributed by atoms with van der Waals surface area (Å²) < 4.78 is 5.59. The van der Waals surface area contributed by atoms with Crippen LogP contribution < -0.4 is 0 Å². The minimum absolute atomic E-state index is 0.106. The van der Waals surface area contributed by atoms with E-state index in [4.69, 9.17) is 0 Å². The number of thioether (sulfide) groups is 1. The molecule has 0 aromatic carbocycles. The van der Waals surface area contributed by atoms with Crippen LogP contribution in [0.2, 0.25) is 0 Å². The summed E-state index contributed by atoms with van der Waals surface area (Å²) in [5.41, 5.74) is 0. The minimum Gasteiger partial charge on any atom is -0.469 e. The lowest BCUT2D eigenvalue weighted by Crippen LogP contribution is -2.14. The van der Waals surface area contributed by atoms with Gasteiger partial charge in [-0.05, 0) is 28.1 Å². The van der Waals surface area contributed by atoms with E-state index in [2.05, 4.69) is 25.7 Å². The third-order valence-electron chi connectivity index (χ3n) is 1.79. The molecule has 82 valence electrons. The van der Waals surface area contributed by atoms with Gasteiger partial charge in [-0.15, -0.1) is 11.8 Å². The number of carbonyl (C=O) groups is 1. The zero-order chi connectivity index (χ0) is 11.3. The molecule has 5 heteroatoms. The van der Waals surface area contributed by atoms with Gasteiger partial charge in [-0.2, -0.15) is 0 Å². The Balaban J connectivity index is 2.43. The van der Waals surface area contributed by atoms with Gasteiger partial charge in [0.1, 0.15) is 0 Å². The Hall–Kier alpha value is -0.550. The topological polar surface area (TPSA) is 39.2 Å². The van der Waals surface area contributed by atoms with Crippen molar-refractivity contribution in [3.63, 3.8) is 0 Å². The van der Waals surface area contributed by atoms with Gasteiger partial charge in [0.05, 0.1) is 18.1 Å². The number of pyridine rings is 1. The van der Waals surface area contributed by atoms with Crippen LogP contribution in [0.4, 0.5) is 0 Å². The smallest absolute Gasteiger partial charge is 0.309 e. The van der Waals surface area contributed by atoms with Crippen molar-refractivity contribution in [3.05, 3.63) is 22.8 Å². The molecule has 0 fully saturated rings. The molecule has 0 aliphatic carbocycles. The van der Waals surface area contributed by atoms with E-state index in [1.807, 2.05) is 19.1 Å². The van der Waals surface area contributed by atoms with Crippen molar-refractivity contribution in [1.82, 2.24) is 4.98 Å². The Labute approximate surface area is 102 Å². The molecule has 1 unspecified atom stereocenters. The lowest BCUT2D eigenvalue weighted by molar-refractivity contribution is -0.143. The van der Waals surface area contributed by atoms with Crippen molar-refractivity contribution in [2.24, 2.45) is 5.92 Å². The van der Waals surface area contributed by atoms with E-state index in [-0.39, 0.29) is 11.9 Å². The van der Waals surface area contributed by atoms with Crippen molar-refractivity contribution < 1.29 is 9.53 Å². The van der Waals surface area contributed by atoms with Crippen LogP contribution >= 0.6 is 27.7 Å². The van der Waals surface area contributed by atoms with Crippen LogP contribution in [-0.2, 0) is 9.53 Å².